The van der Waals surface area contributed by atoms with Crippen LogP contribution in [0.5, 0.6) is 0 Å². The van der Waals surface area contributed by atoms with E-state index >= 15 is 0 Å². The predicted molar refractivity (Wildman–Crippen MR) is 163 cm³/mol. The van der Waals surface area contributed by atoms with Gasteiger partial charge in [-0.3, -0.25) is 0 Å². The van der Waals surface area contributed by atoms with Crippen molar-refractivity contribution >= 4 is 8.32 Å². The zero-order valence-electron chi connectivity index (χ0n) is 24.9. The standard InChI is InChI=1S/C34H46O5Si/c1-26-31(39-40(5,6)34(2,3)4)33(37-24-29-20-14-9-15-21-29)32(36-23-28-18-12-8-13-19-28)30(38-26)25-35-22-27-16-10-7-11-17-27/h7-21,26,30-33H,22-25H2,1-6H3. The molecule has 5 nitrogen and oxygen atoms in total. The third-order valence-corrected chi connectivity index (χ3v) is 12.5. The Morgan fingerprint density at radius 3 is 1.57 bits per heavy atom. The van der Waals surface area contributed by atoms with Crippen molar-refractivity contribution in [2.24, 2.45) is 0 Å². The molecule has 0 bridgehead atoms. The molecule has 0 aliphatic carbocycles. The molecule has 40 heavy (non-hydrogen) atoms. The van der Waals surface area contributed by atoms with Gasteiger partial charge in [0.2, 0.25) is 0 Å². The summed E-state index contributed by atoms with van der Waals surface area (Å²) in [6, 6.07) is 30.7. The van der Waals surface area contributed by atoms with E-state index in [9.17, 15) is 0 Å². The van der Waals surface area contributed by atoms with Gasteiger partial charge in [-0.15, -0.1) is 0 Å². The lowest BCUT2D eigenvalue weighted by molar-refractivity contribution is -0.254. The number of rotatable bonds is 12. The van der Waals surface area contributed by atoms with E-state index in [1.165, 1.54) is 0 Å². The highest BCUT2D eigenvalue weighted by Gasteiger charge is 2.50. The first-order chi connectivity index (χ1) is 19.1. The fraction of sp³-hybridized carbons (Fsp3) is 0.471. The van der Waals surface area contributed by atoms with Gasteiger partial charge >= 0.3 is 0 Å². The van der Waals surface area contributed by atoms with Crippen LogP contribution in [0.4, 0.5) is 0 Å². The van der Waals surface area contributed by atoms with Crippen molar-refractivity contribution in [1.29, 1.82) is 0 Å². The van der Waals surface area contributed by atoms with Crippen LogP contribution in [0.25, 0.3) is 0 Å². The SMILES string of the molecule is CC1OC(COCc2ccccc2)C(OCc2ccccc2)C(OCc2ccccc2)C1O[Si](C)(C)C(C)(C)C. The van der Waals surface area contributed by atoms with Gasteiger partial charge in [-0.2, -0.15) is 0 Å². The molecule has 6 heteroatoms. The second kappa shape index (κ2) is 14.0. The van der Waals surface area contributed by atoms with Crippen LogP contribution in [0, 0.1) is 0 Å². The summed E-state index contributed by atoms with van der Waals surface area (Å²) in [6.45, 7) is 15.3. The van der Waals surface area contributed by atoms with Crippen molar-refractivity contribution in [3.05, 3.63) is 108 Å². The second-order valence-electron chi connectivity index (χ2n) is 12.2. The van der Waals surface area contributed by atoms with Crippen LogP contribution in [-0.4, -0.2) is 45.4 Å². The Labute approximate surface area is 241 Å². The van der Waals surface area contributed by atoms with Crippen molar-refractivity contribution in [3.63, 3.8) is 0 Å². The van der Waals surface area contributed by atoms with Crippen molar-refractivity contribution in [1.82, 2.24) is 0 Å². The molecule has 5 unspecified atom stereocenters. The number of ether oxygens (including phenoxy) is 4. The Morgan fingerprint density at radius 2 is 1.10 bits per heavy atom. The van der Waals surface area contributed by atoms with Gasteiger partial charge in [0.25, 0.3) is 0 Å². The Kier molecular flexibility index (Phi) is 10.7. The van der Waals surface area contributed by atoms with Crippen LogP contribution in [0.2, 0.25) is 18.1 Å². The van der Waals surface area contributed by atoms with E-state index in [-0.39, 0.29) is 35.6 Å². The molecule has 3 aromatic carbocycles. The summed E-state index contributed by atoms with van der Waals surface area (Å²) in [5.74, 6) is 0. The van der Waals surface area contributed by atoms with Gasteiger partial charge in [0.05, 0.1) is 38.6 Å². The summed E-state index contributed by atoms with van der Waals surface area (Å²) in [4.78, 5) is 0. The predicted octanol–water partition coefficient (Wildman–Crippen LogP) is 7.55. The third-order valence-electron chi connectivity index (χ3n) is 8.07. The van der Waals surface area contributed by atoms with Crippen LogP contribution in [-0.2, 0) is 43.2 Å². The molecule has 1 saturated heterocycles. The molecule has 1 aliphatic rings. The van der Waals surface area contributed by atoms with Crippen LogP contribution in [0.1, 0.15) is 44.4 Å². The lowest BCUT2D eigenvalue weighted by Gasteiger charge is -2.49. The van der Waals surface area contributed by atoms with Gasteiger partial charge in [-0.25, -0.2) is 0 Å². The highest BCUT2D eigenvalue weighted by molar-refractivity contribution is 6.74. The molecule has 5 atom stereocenters. The number of benzene rings is 3. The lowest BCUT2D eigenvalue weighted by Crippen LogP contribution is -2.63. The second-order valence-corrected chi connectivity index (χ2v) is 17.0. The molecule has 0 saturated carbocycles. The maximum atomic E-state index is 7.03. The largest absolute Gasteiger partial charge is 0.409 e. The summed E-state index contributed by atoms with van der Waals surface area (Å²) >= 11 is 0. The van der Waals surface area contributed by atoms with Gasteiger partial charge < -0.3 is 23.4 Å². The molecule has 1 aliphatic heterocycles. The fourth-order valence-electron chi connectivity index (χ4n) is 4.70. The van der Waals surface area contributed by atoms with E-state index in [2.05, 4.69) is 77.2 Å². The maximum Gasteiger partial charge on any atom is 0.192 e. The Balaban J connectivity index is 1.60. The highest BCUT2D eigenvalue weighted by Crippen LogP contribution is 2.40. The molecule has 0 N–H and O–H groups in total. The molecule has 0 aromatic heterocycles. The molecule has 216 valence electrons. The minimum atomic E-state index is -2.14. The first kappa shape index (κ1) is 30.6. The third kappa shape index (κ3) is 8.35. The lowest BCUT2D eigenvalue weighted by atomic mass is 9.95. The average Bonchev–Trinajstić information content (AvgIpc) is 2.94. The molecule has 4 rings (SSSR count). The Bertz CT molecular complexity index is 1130. The highest BCUT2D eigenvalue weighted by atomic mass is 28.4. The zero-order valence-corrected chi connectivity index (χ0v) is 25.9. The van der Waals surface area contributed by atoms with Gasteiger partial charge in [0, 0.05) is 0 Å². The molecular formula is C34H46O5Si. The fourth-order valence-corrected chi connectivity index (χ4v) is 6.06. The van der Waals surface area contributed by atoms with Crippen molar-refractivity contribution < 1.29 is 23.4 Å². The molecular weight excluding hydrogens is 516 g/mol. The van der Waals surface area contributed by atoms with Gasteiger partial charge in [0.1, 0.15) is 18.3 Å². The zero-order chi connectivity index (χ0) is 28.6. The van der Waals surface area contributed by atoms with E-state index in [4.69, 9.17) is 23.4 Å². The van der Waals surface area contributed by atoms with E-state index in [0.717, 1.165) is 16.7 Å². The van der Waals surface area contributed by atoms with Crippen LogP contribution < -0.4 is 0 Å². The topological polar surface area (TPSA) is 46.2 Å². The van der Waals surface area contributed by atoms with Crippen LogP contribution >= 0.6 is 0 Å². The summed E-state index contributed by atoms with van der Waals surface area (Å²) < 4.78 is 33.3. The minimum Gasteiger partial charge on any atom is -0.409 e. The number of hydrogen-bond donors (Lipinski definition) is 0. The van der Waals surface area contributed by atoms with E-state index in [1.54, 1.807) is 0 Å². The first-order valence-electron chi connectivity index (χ1n) is 14.4. The molecule has 3 aromatic rings. The summed E-state index contributed by atoms with van der Waals surface area (Å²) in [6.07, 6.45) is -1.45. The molecule has 1 heterocycles. The van der Waals surface area contributed by atoms with Crippen LogP contribution in [0.3, 0.4) is 0 Å². The maximum absolute atomic E-state index is 7.03. The number of hydrogen-bond acceptors (Lipinski definition) is 5. The smallest absolute Gasteiger partial charge is 0.192 e. The van der Waals surface area contributed by atoms with Crippen molar-refractivity contribution in [3.8, 4) is 0 Å². The van der Waals surface area contributed by atoms with Gasteiger partial charge in [-0.1, -0.05) is 112 Å². The van der Waals surface area contributed by atoms with Crippen LogP contribution in [0.15, 0.2) is 91.0 Å². The van der Waals surface area contributed by atoms with Crippen molar-refractivity contribution in [2.45, 2.75) is 96.2 Å². The Morgan fingerprint density at radius 1 is 0.650 bits per heavy atom. The summed E-state index contributed by atoms with van der Waals surface area (Å²) in [5.41, 5.74) is 3.35. The minimum absolute atomic E-state index is 0.0483. The van der Waals surface area contributed by atoms with Gasteiger partial charge in [-0.05, 0) is 41.7 Å². The Hall–Kier alpha value is -2.32. The summed E-state index contributed by atoms with van der Waals surface area (Å²) in [7, 11) is -2.14. The average molecular weight is 563 g/mol. The molecule has 0 radical (unpaired) electrons. The normalized spacial score (nSPS) is 23.7. The van der Waals surface area contributed by atoms with E-state index in [0.29, 0.717) is 26.4 Å². The van der Waals surface area contributed by atoms with Crippen molar-refractivity contribution in [2.75, 3.05) is 6.61 Å². The quantitative estimate of drug-likeness (QED) is 0.213. The molecule has 1 fully saturated rings. The monoisotopic (exact) mass is 562 g/mol. The first-order valence-corrected chi connectivity index (χ1v) is 17.3. The summed E-state index contributed by atoms with van der Waals surface area (Å²) in [5, 5.41) is 0.0483. The molecule has 0 spiro atoms. The molecule has 0 amide bonds. The van der Waals surface area contributed by atoms with E-state index < -0.39 is 8.32 Å². The van der Waals surface area contributed by atoms with E-state index in [1.807, 2.05) is 54.6 Å². The van der Waals surface area contributed by atoms with Gasteiger partial charge in [0.15, 0.2) is 8.32 Å².